The van der Waals surface area contributed by atoms with Gasteiger partial charge in [-0.25, -0.2) is 4.79 Å². The third-order valence-corrected chi connectivity index (χ3v) is 7.47. The van der Waals surface area contributed by atoms with Gasteiger partial charge in [0.2, 0.25) is 17.7 Å². The summed E-state index contributed by atoms with van der Waals surface area (Å²) < 4.78 is 0. The van der Waals surface area contributed by atoms with Gasteiger partial charge in [0.05, 0.1) is 6.04 Å². The highest BCUT2D eigenvalue weighted by molar-refractivity contribution is 5.95. The number of nitrogens with zero attached hydrogens (tertiary/aromatic N) is 1. The molecule has 2 aromatic carbocycles. The largest absolute Gasteiger partial charge is 0.480 e. The maximum Gasteiger partial charge on any atom is 0.326 e. The van der Waals surface area contributed by atoms with Gasteiger partial charge in [-0.3, -0.25) is 14.4 Å². The number of likely N-dealkylation sites (tertiary alicyclic amines) is 1. The molecule has 4 rings (SSSR count). The molecule has 4 unspecified atom stereocenters. The van der Waals surface area contributed by atoms with Crippen LogP contribution >= 0.6 is 0 Å². The Morgan fingerprint density at radius 3 is 2.40 bits per heavy atom. The van der Waals surface area contributed by atoms with Crippen LogP contribution in [0.3, 0.4) is 0 Å². The van der Waals surface area contributed by atoms with Crippen molar-refractivity contribution in [1.29, 1.82) is 0 Å². The molecule has 3 aromatic rings. The smallest absolute Gasteiger partial charge is 0.326 e. The van der Waals surface area contributed by atoms with Crippen molar-refractivity contribution in [2.24, 2.45) is 11.7 Å². The minimum atomic E-state index is -1.17. The second-order valence-electron chi connectivity index (χ2n) is 10.7. The molecule has 1 aromatic heterocycles. The van der Waals surface area contributed by atoms with Gasteiger partial charge in [-0.2, -0.15) is 0 Å². The Labute approximate surface area is 233 Å². The van der Waals surface area contributed by atoms with E-state index < -0.39 is 47.9 Å². The summed E-state index contributed by atoms with van der Waals surface area (Å²) in [5.74, 6) is -2.64. The molecule has 1 saturated heterocycles. The van der Waals surface area contributed by atoms with Gasteiger partial charge >= 0.3 is 5.97 Å². The Bertz CT molecular complexity index is 1350. The van der Waals surface area contributed by atoms with E-state index in [-0.39, 0.29) is 18.8 Å². The zero-order chi connectivity index (χ0) is 28.8. The maximum absolute atomic E-state index is 13.8. The fraction of sp³-hybridized carbons (Fsp3) is 0.400. The number of carbonyl (C=O) groups is 4. The van der Waals surface area contributed by atoms with Crippen LogP contribution in [-0.2, 0) is 32.0 Å². The Morgan fingerprint density at radius 1 is 1.00 bits per heavy atom. The number of amides is 3. The Kier molecular flexibility index (Phi) is 9.21. The average molecular weight is 548 g/mol. The van der Waals surface area contributed by atoms with Crippen LogP contribution in [0.4, 0.5) is 0 Å². The van der Waals surface area contributed by atoms with Crippen LogP contribution in [-0.4, -0.2) is 69.4 Å². The van der Waals surface area contributed by atoms with Crippen molar-refractivity contribution in [3.05, 3.63) is 71.9 Å². The van der Waals surface area contributed by atoms with Crippen LogP contribution in [0.1, 0.15) is 37.8 Å². The summed E-state index contributed by atoms with van der Waals surface area (Å²) in [4.78, 5) is 56.7. The molecule has 0 spiro atoms. The molecule has 3 amide bonds. The molecule has 2 heterocycles. The Balaban J connectivity index is 1.50. The van der Waals surface area contributed by atoms with Crippen LogP contribution in [0, 0.1) is 5.92 Å². The lowest BCUT2D eigenvalue weighted by Crippen LogP contribution is -2.58. The summed E-state index contributed by atoms with van der Waals surface area (Å²) in [5, 5.41) is 16.2. The van der Waals surface area contributed by atoms with Gasteiger partial charge < -0.3 is 31.4 Å². The number of fused-ring (bicyclic) bond motifs is 1. The van der Waals surface area contributed by atoms with E-state index in [2.05, 4.69) is 15.6 Å². The number of aliphatic carboxylic acids is 1. The van der Waals surface area contributed by atoms with E-state index in [0.29, 0.717) is 19.4 Å². The summed E-state index contributed by atoms with van der Waals surface area (Å²) >= 11 is 0. The predicted octanol–water partition coefficient (Wildman–Crippen LogP) is 1.98. The Morgan fingerprint density at radius 2 is 1.70 bits per heavy atom. The number of nitrogens with two attached hydrogens (primary N) is 1. The summed E-state index contributed by atoms with van der Waals surface area (Å²) in [6.07, 6.45) is 3.05. The second kappa shape index (κ2) is 12.8. The Hall–Kier alpha value is -4.18. The molecule has 0 aliphatic carbocycles. The molecule has 0 bridgehead atoms. The fourth-order valence-corrected chi connectivity index (χ4v) is 5.11. The maximum atomic E-state index is 13.8. The zero-order valence-electron chi connectivity index (χ0n) is 22.8. The van der Waals surface area contributed by atoms with Crippen molar-refractivity contribution in [2.45, 2.75) is 63.7 Å². The van der Waals surface area contributed by atoms with Gasteiger partial charge in [-0.05, 0) is 36.0 Å². The van der Waals surface area contributed by atoms with Crippen molar-refractivity contribution in [1.82, 2.24) is 20.5 Å². The summed E-state index contributed by atoms with van der Waals surface area (Å²) in [6.45, 7) is 3.98. The summed E-state index contributed by atoms with van der Waals surface area (Å²) in [7, 11) is 0. The molecule has 1 aliphatic heterocycles. The van der Waals surface area contributed by atoms with Gasteiger partial charge in [0, 0.05) is 36.5 Å². The third-order valence-electron chi connectivity index (χ3n) is 7.47. The lowest BCUT2D eigenvalue weighted by Gasteiger charge is -2.30. The van der Waals surface area contributed by atoms with Crippen molar-refractivity contribution in [3.8, 4) is 0 Å². The van der Waals surface area contributed by atoms with Crippen LogP contribution < -0.4 is 16.4 Å². The number of para-hydroxylation sites is 1. The molecule has 1 fully saturated rings. The topological polar surface area (TPSA) is 158 Å². The highest BCUT2D eigenvalue weighted by Crippen LogP contribution is 2.22. The van der Waals surface area contributed by atoms with E-state index in [1.807, 2.05) is 68.4 Å². The highest BCUT2D eigenvalue weighted by atomic mass is 16.4. The van der Waals surface area contributed by atoms with Crippen LogP contribution in [0.5, 0.6) is 0 Å². The number of carboxylic acid groups (broad SMARTS) is 1. The molecule has 40 heavy (non-hydrogen) atoms. The molecule has 1 aliphatic rings. The number of nitrogens with one attached hydrogen (secondary N) is 3. The predicted molar refractivity (Wildman–Crippen MR) is 151 cm³/mol. The molecule has 212 valence electrons. The van der Waals surface area contributed by atoms with Crippen molar-refractivity contribution in [3.63, 3.8) is 0 Å². The zero-order valence-corrected chi connectivity index (χ0v) is 22.8. The van der Waals surface area contributed by atoms with E-state index >= 15 is 0 Å². The van der Waals surface area contributed by atoms with Gasteiger partial charge in [0.25, 0.3) is 0 Å². The van der Waals surface area contributed by atoms with Crippen LogP contribution in [0.2, 0.25) is 0 Å². The molecule has 0 radical (unpaired) electrons. The van der Waals surface area contributed by atoms with Gasteiger partial charge in [0.1, 0.15) is 18.1 Å². The minimum Gasteiger partial charge on any atom is -0.480 e. The number of H-pyrrole nitrogens is 1. The molecule has 10 nitrogen and oxygen atoms in total. The summed E-state index contributed by atoms with van der Waals surface area (Å²) in [5.41, 5.74) is 8.55. The van der Waals surface area contributed by atoms with E-state index in [4.69, 9.17) is 5.73 Å². The first-order valence-electron chi connectivity index (χ1n) is 13.6. The monoisotopic (exact) mass is 547 g/mol. The molecule has 0 saturated carbocycles. The number of benzene rings is 2. The quantitative estimate of drug-likeness (QED) is 0.247. The number of aromatic amines is 1. The average Bonchev–Trinajstić information content (AvgIpc) is 3.59. The van der Waals surface area contributed by atoms with Crippen LogP contribution in [0.25, 0.3) is 10.9 Å². The van der Waals surface area contributed by atoms with Gasteiger partial charge in [0.15, 0.2) is 0 Å². The fourth-order valence-electron chi connectivity index (χ4n) is 5.11. The van der Waals surface area contributed by atoms with Crippen molar-refractivity contribution in [2.75, 3.05) is 6.54 Å². The van der Waals surface area contributed by atoms with Gasteiger partial charge in [-0.1, -0.05) is 62.4 Å². The number of carboxylic acids is 1. The molecular formula is C30H37N5O5. The van der Waals surface area contributed by atoms with E-state index in [0.717, 1.165) is 22.0 Å². The number of hydrogen-bond donors (Lipinski definition) is 5. The lowest BCUT2D eigenvalue weighted by molar-refractivity contribution is -0.145. The first kappa shape index (κ1) is 28.8. The number of carbonyl (C=O) groups excluding carboxylic acids is 3. The SMILES string of the molecule is CC(C)C(N)C(=O)NC(Cc1ccccc1)C(=O)N1CCCC1C(=O)NC(Cc1c[nH]c2ccccc12)C(=O)O. The van der Waals surface area contributed by atoms with Crippen molar-refractivity contribution < 1.29 is 24.3 Å². The molecule has 4 atom stereocenters. The van der Waals surface area contributed by atoms with Crippen molar-refractivity contribution >= 4 is 34.6 Å². The number of hydrogen-bond acceptors (Lipinski definition) is 5. The standard InChI is InChI=1S/C30H37N5O5/c1-18(2)26(31)28(37)33-23(15-19-9-4-3-5-10-19)29(38)35-14-8-13-25(35)27(36)34-24(30(39)40)16-20-17-32-22-12-7-6-11-21(20)22/h3-7,9-12,17-18,23-26,32H,8,13-16,31H2,1-2H3,(H,33,37)(H,34,36)(H,39,40). The third kappa shape index (κ3) is 6.69. The molecule has 10 heteroatoms. The van der Waals surface area contributed by atoms with E-state index in [1.54, 1.807) is 6.20 Å². The van der Waals surface area contributed by atoms with E-state index in [9.17, 15) is 24.3 Å². The number of aromatic nitrogens is 1. The first-order valence-corrected chi connectivity index (χ1v) is 13.6. The highest BCUT2D eigenvalue weighted by Gasteiger charge is 2.39. The summed E-state index contributed by atoms with van der Waals surface area (Å²) in [6, 6.07) is 13.1. The first-order chi connectivity index (χ1) is 19.2. The second-order valence-corrected chi connectivity index (χ2v) is 10.7. The van der Waals surface area contributed by atoms with Crippen LogP contribution in [0.15, 0.2) is 60.8 Å². The minimum absolute atomic E-state index is 0.0888. The number of rotatable bonds is 11. The molecule has 6 N–H and O–H groups in total. The lowest BCUT2D eigenvalue weighted by atomic mass is 10.0. The normalized spacial score (nSPS) is 17.4. The van der Waals surface area contributed by atoms with E-state index in [1.165, 1.54) is 4.90 Å². The van der Waals surface area contributed by atoms with Gasteiger partial charge in [-0.15, -0.1) is 0 Å². The molecular weight excluding hydrogens is 510 g/mol.